The molecule has 0 fully saturated rings. The fraction of sp³-hybridized carbons (Fsp3) is 0.0909. The van der Waals surface area contributed by atoms with Crippen molar-refractivity contribution in [2.75, 3.05) is 7.11 Å². The molecule has 0 aliphatic heterocycles. The van der Waals surface area contributed by atoms with Crippen LogP contribution in [0.2, 0.25) is 0 Å². The molecule has 9 heteroatoms. The zero-order chi connectivity index (χ0) is 14.3. The van der Waals surface area contributed by atoms with Gasteiger partial charge in [0.25, 0.3) is 10.1 Å². The van der Waals surface area contributed by atoms with Gasteiger partial charge in [0, 0.05) is 5.39 Å². The Bertz CT molecular complexity index is 842. The van der Waals surface area contributed by atoms with Crippen molar-refractivity contribution in [3.8, 4) is 0 Å². The van der Waals surface area contributed by atoms with Gasteiger partial charge in [0.1, 0.15) is 15.0 Å². The van der Waals surface area contributed by atoms with Gasteiger partial charge in [-0.2, -0.15) is 8.42 Å². The Hall–Kier alpha value is 0.117. The quantitative estimate of drug-likeness (QED) is 0.440. The van der Waals surface area contributed by atoms with E-state index in [2.05, 4.69) is 4.18 Å². The average molecular weight is 524 g/mol. The monoisotopic (exact) mass is 524 g/mol. The maximum Gasteiger partial charge on any atom is 1.00 e. The number of rotatable bonds is 3. The van der Waals surface area contributed by atoms with Crippen molar-refractivity contribution in [1.82, 2.24) is 0 Å². The molecule has 0 bridgehead atoms. The van der Waals surface area contributed by atoms with E-state index in [1.807, 2.05) is 0 Å². The summed E-state index contributed by atoms with van der Waals surface area (Å²) in [7, 11) is -8.34. The first kappa shape index (κ1) is 18.2. The van der Waals surface area contributed by atoms with Gasteiger partial charge in [-0.15, -0.1) is 0 Å². The summed E-state index contributed by atoms with van der Waals surface area (Å²) in [5.74, 6) is 0. The van der Waals surface area contributed by atoms with E-state index in [4.69, 9.17) is 0 Å². The SMILES string of the molecule is COS(=O)(=O)c1c(S(=O)(=O)[O-])ccc2ccccc12.[Fr+]. The summed E-state index contributed by atoms with van der Waals surface area (Å²) in [4.78, 5) is -1.43. The van der Waals surface area contributed by atoms with Crippen LogP contribution in [0.25, 0.3) is 10.8 Å². The predicted molar refractivity (Wildman–Crippen MR) is 66.1 cm³/mol. The van der Waals surface area contributed by atoms with Gasteiger partial charge < -0.3 is 4.55 Å². The Morgan fingerprint density at radius 2 is 1.60 bits per heavy atom. The molecule has 2 rings (SSSR count). The van der Waals surface area contributed by atoms with Gasteiger partial charge in [0.2, 0.25) is 0 Å². The molecule has 0 amide bonds. The van der Waals surface area contributed by atoms with Crippen molar-refractivity contribution >= 4 is 31.0 Å². The molecule has 102 valence electrons. The van der Waals surface area contributed by atoms with E-state index in [1.165, 1.54) is 18.2 Å². The van der Waals surface area contributed by atoms with Crippen molar-refractivity contribution < 1.29 is 75.4 Å². The molecule has 20 heavy (non-hydrogen) atoms. The zero-order valence-electron chi connectivity index (χ0n) is 10.7. The van der Waals surface area contributed by atoms with Crippen molar-refractivity contribution in [3.05, 3.63) is 36.4 Å². The second-order valence-electron chi connectivity index (χ2n) is 3.69. The molecule has 0 unspecified atom stereocenters. The minimum Gasteiger partial charge on any atom is -0.744 e. The number of benzene rings is 2. The van der Waals surface area contributed by atoms with Gasteiger partial charge in [-0.05, 0) is 11.5 Å². The number of fused-ring (bicyclic) bond motifs is 1. The van der Waals surface area contributed by atoms with Crippen molar-refractivity contribution in [1.29, 1.82) is 0 Å². The third kappa shape index (κ3) is 3.47. The third-order valence-corrected chi connectivity index (χ3v) is 4.97. The Kier molecular flexibility index (Phi) is 5.89. The van der Waals surface area contributed by atoms with Crippen LogP contribution in [0.3, 0.4) is 0 Å². The summed E-state index contributed by atoms with van der Waals surface area (Å²) in [5, 5.41) is 0.617. The smallest absolute Gasteiger partial charge is 0.744 e. The second kappa shape index (κ2) is 6.48. The summed E-state index contributed by atoms with van der Waals surface area (Å²) < 4.78 is 61.6. The normalized spacial score (nSPS) is 12.1. The van der Waals surface area contributed by atoms with Crippen LogP contribution in [0.5, 0.6) is 0 Å². The van der Waals surface area contributed by atoms with Crippen LogP contribution in [0, 0.1) is 49.9 Å². The first-order valence-electron chi connectivity index (χ1n) is 5.05. The molecule has 0 saturated carbocycles. The first-order valence-corrected chi connectivity index (χ1v) is 7.87. The van der Waals surface area contributed by atoms with Crippen LogP contribution >= 0.6 is 0 Å². The molecule has 0 aliphatic rings. The maximum absolute atomic E-state index is 11.9. The van der Waals surface area contributed by atoms with Crippen LogP contribution in [0.1, 0.15) is 0 Å². The number of hydrogen-bond acceptors (Lipinski definition) is 6. The zero-order valence-corrected chi connectivity index (χ0v) is 20.6. The van der Waals surface area contributed by atoms with Crippen LogP contribution < -0.4 is 0 Å². The van der Waals surface area contributed by atoms with Gasteiger partial charge in [-0.25, -0.2) is 8.42 Å². The molecule has 0 atom stereocenters. The molecule has 0 spiro atoms. The molecule has 6 nitrogen and oxygen atoms in total. The molecule has 0 aromatic heterocycles. The van der Waals surface area contributed by atoms with Crippen molar-refractivity contribution in [2.24, 2.45) is 0 Å². The first-order chi connectivity index (χ1) is 8.77. The van der Waals surface area contributed by atoms with E-state index in [1.54, 1.807) is 12.1 Å². The Balaban J connectivity index is 0.00000200. The van der Waals surface area contributed by atoms with E-state index < -0.39 is 30.0 Å². The van der Waals surface area contributed by atoms with Gasteiger partial charge in [-0.3, -0.25) is 4.18 Å². The molecular formula is C11H9FrO6S2. The number of hydrogen-bond donors (Lipinski definition) is 0. The van der Waals surface area contributed by atoms with E-state index >= 15 is 0 Å². The topological polar surface area (TPSA) is 101 Å². The average Bonchev–Trinajstić information content (AvgIpc) is 2.36. The molecule has 0 heterocycles. The van der Waals surface area contributed by atoms with Crippen molar-refractivity contribution in [3.63, 3.8) is 0 Å². The van der Waals surface area contributed by atoms with E-state index in [-0.39, 0.29) is 55.3 Å². The van der Waals surface area contributed by atoms with E-state index in [0.29, 0.717) is 5.39 Å². The minimum absolute atomic E-state index is 0. The fourth-order valence-corrected chi connectivity index (χ4v) is 3.88. The van der Waals surface area contributed by atoms with Gasteiger partial charge >= 0.3 is 49.9 Å². The summed E-state index contributed by atoms with van der Waals surface area (Å²) in [6.07, 6.45) is 0. The maximum atomic E-state index is 11.9. The Labute approximate surface area is 158 Å². The largest absolute Gasteiger partial charge is 1.00 e. The summed E-state index contributed by atoms with van der Waals surface area (Å²) in [6, 6.07) is 8.56. The standard InChI is InChI=1S/C11H10O6S2.Fr/c1-17-19(15,16)11-9-5-3-2-4-8(9)6-7-10(11)18(12,13)14;/h2-7H,1H3,(H,12,13,14);/q;+1/p-1. The Morgan fingerprint density at radius 3 is 2.15 bits per heavy atom. The molecule has 2 aromatic rings. The van der Waals surface area contributed by atoms with E-state index in [9.17, 15) is 21.4 Å². The second-order valence-corrected chi connectivity index (χ2v) is 6.69. The molecule has 0 aliphatic carbocycles. The van der Waals surface area contributed by atoms with Gasteiger partial charge in [0.15, 0.2) is 0 Å². The summed E-state index contributed by atoms with van der Waals surface area (Å²) in [6.45, 7) is 0. The van der Waals surface area contributed by atoms with Gasteiger partial charge in [-0.1, -0.05) is 30.3 Å². The molecule has 0 N–H and O–H groups in total. The third-order valence-electron chi connectivity index (χ3n) is 2.58. The molecule has 2 aromatic carbocycles. The van der Waals surface area contributed by atoms with Crippen molar-refractivity contribution in [2.45, 2.75) is 9.79 Å². The van der Waals surface area contributed by atoms with Crippen LogP contribution in [0.15, 0.2) is 46.2 Å². The summed E-state index contributed by atoms with van der Waals surface area (Å²) >= 11 is 0. The predicted octanol–water partition coefficient (Wildman–Crippen LogP) is 1.08. The molecule has 0 radical (unpaired) electrons. The molecule has 0 saturated heterocycles. The van der Waals surface area contributed by atoms with Crippen LogP contribution in [0.4, 0.5) is 0 Å². The summed E-state index contributed by atoms with van der Waals surface area (Å²) in [5.41, 5.74) is 0. The Morgan fingerprint density at radius 1 is 1.00 bits per heavy atom. The van der Waals surface area contributed by atoms with Crippen LogP contribution in [-0.4, -0.2) is 28.5 Å². The fourth-order valence-electron chi connectivity index (χ4n) is 1.76. The molecular weight excluding hydrogens is 515 g/mol. The van der Waals surface area contributed by atoms with Crippen LogP contribution in [-0.2, 0) is 24.4 Å². The van der Waals surface area contributed by atoms with E-state index in [0.717, 1.165) is 13.2 Å². The van der Waals surface area contributed by atoms with Gasteiger partial charge in [0.05, 0.1) is 12.0 Å². The minimum atomic E-state index is -4.93.